The summed E-state index contributed by atoms with van der Waals surface area (Å²) in [4.78, 5) is 12.0. The number of thiophene rings is 1. The van der Waals surface area contributed by atoms with Crippen molar-refractivity contribution in [2.24, 2.45) is 0 Å². The van der Waals surface area contributed by atoms with E-state index in [-0.39, 0.29) is 0 Å². The molecule has 90 valence electrons. The summed E-state index contributed by atoms with van der Waals surface area (Å²) in [6, 6.07) is 2.63. The minimum absolute atomic E-state index is 0.354. The molecular weight excluding hydrogens is 254 g/mol. The van der Waals surface area contributed by atoms with Gasteiger partial charge in [0.1, 0.15) is 10.6 Å². The number of halogens is 1. The molecule has 2 aromatic heterocycles. The number of rotatable bonds is 1. The highest BCUT2D eigenvalue weighted by Crippen LogP contribution is 2.32. The average molecular weight is 268 g/mol. The minimum Gasteiger partial charge on any atom is -0.353 e. The van der Waals surface area contributed by atoms with Gasteiger partial charge in [-0.3, -0.25) is 0 Å². The summed E-state index contributed by atoms with van der Waals surface area (Å²) in [7, 11) is 0. The van der Waals surface area contributed by atoms with Crippen LogP contribution >= 0.6 is 22.9 Å². The Morgan fingerprint density at radius 2 is 2.29 bits per heavy atom. The maximum atomic E-state index is 6.01. The smallest absolute Gasteiger partial charge is 0.225 e. The molecule has 1 saturated heterocycles. The van der Waals surface area contributed by atoms with Crippen LogP contribution in [0.5, 0.6) is 0 Å². The van der Waals surface area contributed by atoms with Gasteiger partial charge in [0.15, 0.2) is 0 Å². The highest BCUT2D eigenvalue weighted by atomic mass is 35.5. The van der Waals surface area contributed by atoms with Gasteiger partial charge in [-0.25, -0.2) is 4.98 Å². The third-order valence-corrected chi connectivity index (χ3v) is 4.33. The molecule has 0 spiro atoms. The van der Waals surface area contributed by atoms with Crippen LogP contribution in [-0.2, 0) is 0 Å². The molecule has 1 aliphatic heterocycles. The lowest BCUT2D eigenvalue weighted by molar-refractivity contribution is 0.482. The van der Waals surface area contributed by atoms with Gasteiger partial charge < -0.3 is 4.90 Å². The molecule has 0 aliphatic carbocycles. The Bertz CT molecular complexity index is 540. The zero-order chi connectivity index (χ0) is 11.8. The van der Waals surface area contributed by atoms with E-state index in [1.807, 2.05) is 5.38 Å². The first-order valence-electron chi connectivity index (χ1n) is 5.93. The molecule has 1 atom stereocenters. The van der Waals surface area contributed by atoms with E-state index in [9.17, 15) is 0 Å². The number of piperidine rings is 1. The summed E-state index contributed by atoms with van der Waals surface area (Å²) in [5.74, 6) is 1.01. The van der Waals surface area contributed by atoms with E-state index in [2.05, 4.69) is 27.9 Å². The van der Waals surface area contributed by atoms with Crippen molar-refractivity contribution >= 4 is 39.0 Å². The summed E-state index contributed by atoms with van der Waals surface area (Å²) in [5.41, 5.74) is 0. The molecule has 3 nitrogen and oxygen atoms in total. The van der Waals surface area contributed by atoms with Gasteiger partial charge in [-0.2, -0.15) is 4.98 Å². The van der Waals surface area contributed by atoms with E-state index in [1.54, 1.807) is 11.3 Å². The third kappa shape index (κ3) is 2.00. The van der Waals surface area contributed by atoms with Crippen LogP contribution < -0.4 is 4.90 Å². The van der Waals surface area contributed by atoms with Crippen molar-refractivity contribution < 1.29 is 0 Å². The fraction of sp³-hybridized carbons (Fsp3) is 0.500. The standard InChI is InChI=1S/C12H14ClN3S/c1-8-4-2-3-6-16(8)10-9-5-7-17-11(9)15-12(13)14-10/h5,7-8H,2-4,6H2,1H3. The predicted octanol–water partition coefficient (Wildman–Crippen LogP) is 3.72. The topological polar surface area (TPSA) is 29.0 Å². The van der Waals surface area contributed by atoms with Crippen molar-refractivity contribution in [3.8, 4) is 0 Å². The molecule has 0 N–H and O–H groups in total. The number of hydrogen-bond donors (Lipinski definition) is 0. The SMILES string of the molecule is CC1CCCCN1c1nc(Cl)nc2sccc12. The second-order valence-electron chi connectivity index (χ2n) is 4.49. The summed E-state index contributed by atoms with van der Waals surface area (Å²) in [5, 5.41) is 3.54. The Labute approximate surface area is 109 Å². The number of aromatic nitrogens is 2. The van der Waals surface area contributed by atoms with Gasteiger partial charge in [0.25, 0.3) is 0 Å². The Morgan fingerprint density at radius 3 is 3.12 bits per heavy atom. The highest BCUT2D eigenvalue weighted by molar-refractivity contribution is 7.16. The molecule has 0 aromatic carbocycles. The normalized spacial score (nSPS) is 21.1. The fourth-order valence-corrected chi connectivity index (χ4v) is 3.42. The maximum Gasteiger partial charge on any atom is 0.225 e. The first-order chi connectivity index (χ1) is 8.25. The van der Waals surface area contributed by atoms with E-state index in [1.165, 1.54) is 19.3 Å². The Hall–Kier alpha value is -0.870. The number of anilines is 1. The summed E-state index contributed by atoms with van der Waals surface area (Å²) in [6.07, 6.45) is 3.77. The van der Waals surface area contributed by atoms with Crippen LogP contribution in [0.3, 0.4) is 0 Å². The average Bonchev–Trinajstić information content (AvgIpc) is 2.76. The third-order valence-electron chi connectivity index (χ3n) is 3.35. The van der Waals surface area contributed by atoms with Crippen molar-refractivity contribution in [2.45, 2.75) is 32.2 Å². The monoisotopic (exact) mass is 267 g/mol. The molecule has 17 heavy (non-hydrogen) atoms. The van der Waals surface area contributed by atoms with Crippen molar-refractivity contribution in [1.82, 2.24) is 9.97 Å². The Balaban J connectivity index is 2.11. The molecule has 1 fully saturated rings. The minimum atomic E-state index is 0.354. The number of hydrogen-bond acceptors (Lipinski definition) is 4. The molecule has 1 unspecified atom stereocenters. The molecular formula is C12H14ClN3S. The van der Waals surface area contributed by atoms with E-state index >= 15 is 0 Å². The molecule has 2 aromatic rings. The second-order valence-corrected chi connectivity index (χ2v) is 5.73. The Kier molecular flexibility index (Phi) is 2.92. The van der Waals surface area contributed by atoms with Crippen molar-refractivity contribution in [3.63, 3.8) is 0 Å². The molecule has 0 bridgehead atoms. The molecule has 1 aliphatic rings. The zero-order valence-corrected chi connectivity index (χ0v) is 11.3. The molecule has 5 heteroatoms. The lowest BCUT2D eigenvalue weighted by atomic mass is 10.0. The van der Waals surface area contributed by atoms with E-state index in [0.717, 1.165) is 22.6 Å². The lowest BCUT2D eigenvalue weighted by Gasteiger charge is -2.34. The summed E-state index contributed by atoms with van der Waals surface area (Å²) < 4.78 is 0. The maximum absolute atomic E-state index is 6.01. The Morgan fingerprint density at radius 1 is 1.41 bits per heavy atom. The van der Waals surface area contributed by atoms with Crippen molar-refractivity contribution in [1.29, 1.82) is 0 Å². The molecule has 3 rings (SSSR count). The van der Waals surface area contributed by atoms with Gasteiger partial charge >= 0.3 is 0 Å². The second kappa shape index (κ2) is 4.42. The number of nitrogens with zero attached hydrogens (tertiary/aromatic N) is 3. The molecule has 3 heterocycles. The van der Waals surface area contributed by atoms with Crippen LogP contribution in [0.25, 0.3) is 10.2 Å². The lowest BCUT2D eigenvalue weighted by Crippen LogP contribution is -2.38. The fourth-order valence-electron chi connectivity index (χ4n) is 2.45. The first kappa shape index (κ1) is 11.2. The van der Waals surface area contributed by atoms with Crippen LogP contribution in [0.2, 0.25) is 5.28 Å². The summed E-state index contributed by atoms with van der Waals surface area (Å²) >= 11 is 7.62. The largest absolute Gasteiger partial charge is 0.353 e. The first-order valence-corrected chi connectivity index (χ1v) is 7.19. The van der Waals surface area contributed by atoms with Crippen LogP contribution in [0.4, 0.5) is 5.82 Å². The van der Waals surface area contributed by atoms with Gasteiger partial charge in [-0.05, 0) is 49.2 Å². The van der Waals surface area contributed by atoms with E-state index in [0.29, 0.717) is 11.3 Å². The predicted molar refractivity (Wildman–Crippen MR) is 73.1 cm³/mol. The van der Waals surface area contributed by atoms with Gasteiger partial charge in [-0.15, -0.1) is 11.3 Å². The summed E-state index contributed by atoms with van der Waals surface area (Å²) in [6.45, 7) is 3.33. The van der Waals surface area contributed by atoms with Crippen molar-refractivity contribution in [2.75, 3.05) is 11.4 Å². The van der Waals surface area contributed by atoms with Crippen LogP contribution in [0, 0.1) is 0 Å². The van der Waals surface area contributed by atoms with E-state index < -0.39 is 0 Å². The zero-order valence-electron chi connectivity index (χ0n) is 9.69. The molecule has 0 amide bonds. The molecule has 0 saturated carbocycles. The van der Waals surface area contributed by atoms with Crippen LogP contribution in [0.1, 0.15) is 26.2 Å². The number of fused-ring (bicyclic) bond motifs is 1. The quantitative estimate of drug-likeness (QED) is 0.738. The van der Waals surface area contributed by atoms with Gasteiger partial charge in [-0.1, -0.05) is 0 Å². The molecule has 0 radical (unpaired) electrons. The van der Waals surface area contributed by atoms with Crippen LogP contribution in [-0.4, -0.2) is 22.6 Å². The van der Waals surface area contributed by atoms with Gasteiger partial charge in [0, 0.05) is 12.6 Å². The van der Waals surface area contributed by atoms with Gasteiger partial charge in [0.2, 0.25) is 5.28 Å². The van der Waals surface area contributed by atoms with Crippen molar-refractivity contribution in [3.05, 3.63) is 16.7 Å². The highest BCUT2D eigenvalue weighted by Gasteiger charge is 2.22. The van der Waals surface area contributed by atoms with E-state index in [4.69, 9.17) is 11.6 Å². The van der Waals surface area contributed by atoms with Crippen LogP contribution in [0.15, 0.2) is 11.4 Å². The van der Waals surface area contributed by atoms with Gasteiger partial charge in [0.05, 0.1) is 5.39 Å².